The number of carboxylic acids is 1. The van der Waals surface area contributed by atoms with Gasteiger partial charge in [0.05, 0.1) is 20.8 Å². The number of hydrogen-bond acceptors (Lipinski definition) is 7. The standard InChI is InChI=1S/2C6H8O4/c1-9-5(7)3-4-6(8)10-2;1-2-10-6(9)4-3-5(7)8/h3-4H,1-2H3;3-4H,2H2,1H3,(H,7,8). The predicted octanol–water partition coefficient (Wildman–Crippen LogP) is 0.0789. The van der Waals surface area contributed by atoms with Crippen molar-refractivity contribution < 1.29 is 38.5 Å². The molecular weight excluding hydrogens is 272 g/mol. The van der Waals surface area contributed by atoms with Crippen LogP contribution < -0.4 is 0 Å². The summed E-state index contributed by atoms with van der Waals surface area (Å²) in [6.45, 7) is 1.90. The zero-order valence-electron chi connectivity index (χ0n) is 11.3. The number of carboxylic acid groups (broad SMARTS) is 1. The van der Waals surface area contributed by atoms with Crippen LogP contribution in [0, 0.1) is 0 Å². The Bertz CT molecular complexity index is 376. The minimum atomic E-state index is -1.16. The van der Waals surface area contributed by atoms with E-state index < -0.39 is 23.9 Å². The Hall–Kier alpha value is -2.64. The van der Waals surface area contributed by atoms with E-state index in [1.807, 2.05) is 0 Å². The molecular formula is C12H16O8. The van der Waals surface area contributed by atoms with Gasteiger partial charge in [-0.05, 0) is 6.92 Å². The van der Waals surface area contributed by atoms with Crippen molar-refractivity contribution in [2.75, 3.05) is 20.8 Å². The van der Waals surface area contributed by atoms with Gasteiger partial charge in [-0.2, -0.15) is 0 Å². The fourth-order valence-electron chi connectivity index (χ4n) is 0.602. The van der Waals surface area contributed by atoms with Gasteiger partial charge in [0.25, 0.3) is 0 Å². The molecule has 0 aliphatic carbocycles. The summed E-state index contributed by atoms with van der Waals surface area (Å²) in [5, 5.41) is 8.04. The highest BCUT2D eigenvalue weighted by Gasteiger charge is 1.95. The molecule has 0 heterocycles. The Kier molecular flexibility index (Phi) is 12.6. The smallest absolute Gasteiger partial charge is 0.330 e. The first-order chi connectivity index (χ1) is 9.37. The quantitative estimate of drug-likeness (QED) is 0.429. The summed E-state index contributed by atoms with van der Waals surface area (Å²) in [5.41, 5.74) is 0. The van der Waals surface area contributed by atoms with Gasteiger partial charge >= 0.3 is 23.9 Å². The number of aliphatic carboxylic acids is 1. The van der Waals surface area contributed by atoms with Crippen molar-refractivity contribution >= 4 is 23.9 Å². The molecule has 1 N–H and O–H groups in total. The zero-order chi connectivity index (χ0) is 16.0. The van der Waals surface area contributed by atoms with Crippen LogP contribution in [-0.4, -0.2) is 49.8 Å². The molecule has 0 saturated carbocycles. The van der Waals surface area contributed by atoms with E-state index in [9.17, 15) is 19.2 Å². The van der Waals surface area contributed by atoms with Crippen molar-refractivity contribution in [1.82, 2.24) is 0 Å². The third kappa shape index (κ3) is 15.4. The molecule has 0 amide bonds. The van der Waals surface area contributed by atoms with Gasteiger partial charge in [-0.25, -0.2) is 19.2 Å². The highest BCUT2D eigenvalue weighted by molar-refractivity contribution is 5.91. The number of esters is 3. The molecule has 112 valence electrons. The van der Waals surface area contributed by atoms with Gasteiger partial charge in [-0.3, -0.25) is 0 Å². The van der Waals surface area contributed by atoms with Crippen molar-refractivity contribution in [1.29, 1.82) is 0 Å². The van der Waals surface area contributed by atoms with E-state index in [0.29, 0.717) is 0 Å². The lowest BCUT2D eigenvalue weighted by Gasteiger charge is -1.92. The fourth-order valence-corrected chi connectivity index (χ4v) is 0.602. The normalized spacial score (nSPS) is 9.55. The average molecular weight is 288 g/mol. The largest absolute Gasteiger partial charge is 0.478 e. The van der Waals surface area contributed by atoms with E-state index in [4.69, 9.17) is 5.11 Å². The lowest BCUT2D eigenvalue weighted by atomic mass is 10.5. The number of carbonyl (C=O) groups excluding carboxylic acids is 3. The second kappa shape index (κ2) is 12.8. The van der Waals surface area contributed by atoms with Crippen LogP contribution in [0.2, 0.25) is 0 Å². The van der Waals surface area contributed by atoms with Crippen molar-refractivity contribution in [2.45, 2.75) is 6.92 Å². The van der Waals surface area contributed by atoms with Crippen LogP contribution in [0.1, 0.15) is 6.92 Å². The van der Waals surface area contributed by atoms with Crippen LogP contribution in [0.3, 0.4) is 0 Å². The van der Waals surface area contributed by atoms with Crippen LogP contribution in [0.5, 0.6) is 0 Å². The number of hydrogen-bond donors (Lipinski definition) is 1. The molecule has 0 radical (unpaired) electrons. The van der Waals surface area contributed by atoms with E-state index in [0.717, 1.165) is 24.3 Å². The molecule has 20 heavy (non-hydrogen) atoms. The van der Waals surface area contributed by atoms with Gasteiger partial charge in [-0.1, -0.05) is 0 Å². The zero-order valence-corrected chi connectivity index (χ0v) is 11.3. The SMILES string of the molecule is CCOC(=O)C=CC(=O)O.COC(=O)C=CC(=O)OC. The molecule has 0 bridgehead atoms. The lowest BCUT2D eigenvalue weighted by Crippen LogP contribution is -2.00. The highest BCUT2D eigenvalue weighted by Crippen LogP contribution is 1.80. The Morgan fingerprint density at radius 2 is 1.25 bits per heavy atom. The van der Waals surface area contributed by atoms with Crippen molar-refractivity contribution in [3.05, 3.63) is 24.3 Å². The second-order valence-corrected chi connectivity index (χ2v) is 2.80. The monoisotopic (exact) mass is 288 g/mol. The Balaban J connectivity index is 0. The molecule has 0 unspecified atom stereocenters. The Labute approximate surface area is 115 Å². The van der Waals surface area contributed by atoms with Crippen LogP contribution in [0.25, 0.3) is 0 Å². The lowest BCUT2D eigenvalue weighted by molar-refractivity contribution is -0.138. The summed E-state index contributed by atoms with van der Waals surface area (Å²) in [5.74, 6) is -2.95. The average Bonchev–Trinajstić information content (AvgIpc) is 2.43. The number of carbonyl (C=O) groups is 4. The minimum Gasteiger partial charge on any atom is -0.478 e. The molecule has 0 aliphatic heterocycles. The maximum Gasteiger partial charge on any atom is 0.330 e. The van der Waals surface area contributed by atoms with Crippen LogP contribution >= 0.6 is 0 Å². The Morgan fingerprint density at radius 3 is 1.55 bits per heavy atom. The van der Waals surface area contributed by atoms with Crippen LogP contribution in [0.4, 0.5) is 0 Å². The van der Waals surface area contributed by atoms with Crippen LogP contribution in [0.15, 0.2) is 24.3 Å². The van der Waals surface area contributed by atoms with Crippen molar-refractivity contribution in [3.8, 4) is 0 Å². The third-order valence-electron chi connectivity index (χ3n) is 1.41. The van der Waals surface area contributed by atoms with Crippen molar-refractivity contribution in [3.63, 3.8) is 0 Å². The first kappa shape index (κ1) is 19.7. The van der Waals surface area contributed by atoms with E-state index in [2.05, 4.69) is 14.2 Å². The molecule has 0 aliphatic rings. The molecule has 0 spiro atoms. The molecule has 0 aromatic heterocycles. The summed E-state index contributed by atoms with van der Waals surface area (Å²) < 4.78 is 12.8. The molecule has 0 rings (SSSR count). The summed E-state index contributed by atoms with van der Waals surface area (Å²) in [4.78, 5) is 40.8. The molecule has 0 saturated heterocycles. The molecule has 0 atom stereocenters. The summed E-state index contributed by atoms with van der Waals surface area (Å²) in [7, 11) is 2.45. The maximum atomic E-state index is 10.4. The topological polar surface area (TPSA) is 116 Å². The van der Waals surface area contributed by atoms with E-state index >= 15 is 0 Å². The van der Waals surface area contributed by atoms with Gasteiger partial charge in [-0.15, -0.1) is 0 Å². The van der Waals surface area contributed by atoms with E-state index in [1.54, 1.807) is 6.92 Å². The number of methoxy groups -OCH3 is 2. The number of rotatable bonds is 5. The van der Waals surface area contributed by atoms with Gasteiger partial charge in [0, 0.05) is 24.3 Å². The van der Waals surface area contributed by atoms with Gasteiger partial charge in [0.2, 0.25) is 0 Å². The highest BCUT2D eigenvalue weighted by atomic mass is 16.5. The molecule has 8 heteroatoms. The Morgan fingerprint density at radius 1 is 0.850 bits per heavy atom. The number of ether oxygens (including phenoxy) is 3. The van der Waals surface area contributed by atoms with Crippen LogP contribution in [-0.2, 0) is 33.4 Å². The first-order valence-electron chi connectivity index (χ1n) is 5.29. The summed E-state index contributed by atoms with van der Waals surface area (Å²) in [6.07, 6.45) is 3.58. The third-order valence-corrected chi connectivity index (χ3v) is 1.41. The predicted molar refractivity (Wildman–Crippen MR) is 66.6 cm³/mol. The molecule has 0 fully saturated rings. The molecule has 8 nitrogen and oxygen atoms in total. The van der Waals surface area contributed by atoms with Gasteiger partial charge < -0.3 is 19.3 Å². The first-order valence-corrected chi connectivity index (χ1v) is 5.29. The summed E-state index contributed by atoms with van der Waals surface area (Å²) >= 11 is 0. The van der Waals surface area contributed by atoms with Gasteiger partial charge in [0.15, 0.2) is 0 Å². The second-order valence-electron chi connectivity index (χ2n) is 2.80. The van der Waals surface area contributed by atoms with Crippen molar-refractivity contribution in [2.24, 2.45) is 0 Å². The minimum absolute atomic E-state index is 0.253. The summed E-state index contributed by atoms with van der Waals surface area (Å²) in [6, 6.07) is 0. The van der Waals surface area contributed by atoms with E-state index in [1.165, 1.54) is 14.2 Å². The molecule has 0 aromatic rings. The molecule has 0 aromatic carbocycles. The van der Waals surface area contributed by atoms with E-state index in [-0.39, 0.29) is 6.61 Å². The van der Waals surface area contributed by atoms with Gasteiger partial charge in [0.1, 0.15) is 0 Å². The fraction of sp³-hybridized carbons (Fsp3) is 0.333. The maximum absolute atomic E-state index is 10.4.